The molecule has 1 unspecified atom stereocenters. The molecule has 0 aromatic carbocycles. The van der Waals surface area contributed by atoms with Crippen molar-refractivity contribution >= 4 is 47.8 Å². The molecular weight excluding hydrogens is 330 g/mol. The normalized spacial score (nSPS) is 13.2. The molecule has 0 aliphatic rings. The number of rotatable bonds is 6. The quantitative estimate of drug-likeness (QED) is 0.793. The number of carbonyl (C=O) groups excluding carboxylic acids is 1. The minimum Gasteiger partial charge on any atom is -0.350 e. The van der Waals surface area contributed by atoms with Crippen LogP contribution in [0.4, 0.5) is 0 Å². The van der Waals surface area contributed by atoms with E-state index >= 15 is 0 Å². The van der Waals surface area contributed by atoms with Gasteiger partial charge in [-0.25, -0.2) is 8.42 Å². The van der Waals surface area contributed by atoms with Crippen LogP contribution in [0.5, 0.6) is 0 Å². The van der Waals surface area contributed by atoms with E-state index in [0.29, 0.717) is 22.9 Å². The second kappa shape index (κ2) is 6.83. The van der Waals surface area contributed by atoms with Crippen LogP contribution in [0.2, 0.25) is 0 Å². The molecular formula is C10H14ClNO4S3. The molecule has 1 heterocycles. The molecule has 108 valence electrons. The number of amides is 1. The van der Waals surface area contributed by atoms with Crippen molar-refractivity contribution in [1.82, 2.24) is 5.32 Å². The number of carbonyl (C=O) groups is 1. The molecule has 1 rings (SSSR count). The summed E-state index contributed by atoms with van der Waals surface area (Å²) in [6, 6.07) is 1.26. The Labute approximate surface area is 123 Å². The summed E-state index contributed by atoms with van der Waals surface area (Å²) in [5.41, 5.74) is 0. The Morgan fingerprint density at radius 2 is 2.16 bits per heavy atom. The Morgan fingerprint density at radius 3 is 2.63 bits per heavy atom. The maximum atomic E-state index is 11.8. The third kappa shape index (κ3) is 4.87. The smallest absolute Gasteiger partial charge is 0.262 e. The molecule has 1 aromatic rings. The zero-order valence-corrected chi connectivity index (χ0v) is 13.6. The van der Waals surface area contributed by atoms with Crippen LogP contribution in [-0.4, -0.2) is 36.6 Å². The number of aryl methyl sites for hydroxylation is 1. The molecule has 1 amide bonds. The molecule has 0 saturated carbocycles. The van der Waals surface area contributed by atoms with Crippen LogP contribution in [0.25, 0.3) is 0 Å². The van der Waals surface area contributed by atoms with E-state index in [2.05, 4.69) is 5.32 Å². The molecule has 0 radical (unpaired) electrons. The first-order valence-electron chi connectivity index (χ1n) is 5.44. The van der Waals surface area contributed by atoms with Crippen LogP contribution < -0.4 is 5.32 Å². The summed E-state index contributed by atoms with van der Waals surface area (Å²) < 4.78 is 33.6. The molecule has 9 heteroatoms. The highest BCUT2D eigenvalue weighted by molar-refractivity contribution is 8.13. The Kier molecular flexibility index (Phi) is 5.97. The molecule has 0 spiro atoms. The molecule has 0 bridgehead atoms. The lowest BCUT2D eigenvalue weighted by molar-refractivity contribution is 0.0960. The lowest BCUT2D eigenvalue weighted by atomic mass is 10.4. The zero-order chi connectivity index (χ0) is 14.6. The van der Waals surface area contributed by atoms with E-state index in [9.17, 15) is 17.4 Å². The van der Waals surface area contributed by atoms with E-state index in [0.717, 1.165) is 11.3 Å². The van der Waals surface area contributed by atoms with Crippen molar-refractivity contribution in [2.24, 2.45) is 0 Å². The average Bonchev–Trinajstić information content (AvgIpc) is 2.70. The predicted molar refractivity (Wildman–Crippen MR) is 78.0 cm³/mol. The summed E-state index contributed by atoms with van der Waals surface area (Å²) in [6.07, 6.45) is 0. The maximum absolute atomic E-state index is 11.8. The average molecular weight is 344 g/mol. The number of nitrogens with one attached hydrogen (secondary N) is 1. The molecule has 19 heavy (non-hydrogen) atoms. The first-order chi connectivity index (χ1) is 8.75. The number of hydrogen-bond acceptors (Lipinski definition) is 5. The van der Waals surface area contributed by atoms with Crippen molar-refractivity contribution in [2.45, 2.75) is 18.7 Å². The first kappa shape index (κ1) is 16.6. The highest BCUT2D eigenvalue weighted by Gasteiger charge is 2.20. The van der Waals surface area contributed by atoms with E-state index in [4.69, 9.17) is 10.7 Å². The Morgan fingerprint density at radius 1 is 1.53 bits per heavy atom. The fraction of sp³-hybridized carbons (Fsp3) is 0.500. The summed E-state index contributed by atoms with van der Waals surface area (Å²) in [5.74, 6) is 0.545. The minimum absolute atomic E-state index is 0.0403. The standard InChI is InChI=1S/C10H14ClNO4S3/c1-3-18(14)5-4-12-10(13)8-6-9(7(2)17-8)19(11,15)16/h6H,3-5H2,1-2H3,(H,12,13). The van der Waals surface area contributed by atoms with Gasteiger partial charge in [-0.15, -0.1) is 11.3 Å². The van der Waals surface area contributed by atoms with Gasteiger partial charge in [0.1, 0.15) is 0 Å². The van der Waals surface area contributed by atoms with Crippen LogP contribution in [0.3, 0.4) is 0 Å². The van der Waals surface area contributed by atoms with Crippen LogP contribution in [0, 0.1) is 6.92 Å². The third-order valence-corrected chi connectivity index (χ3v) is 6.23. The van der Waals surface area contributed by atoms with Crippen LogP contribution in [0.1, 0.15) is 21.5 Å². The maximum Gasteiger partial charge on any atom is 0.262 e. The van der Waals surface area contributed by atoms with Crippen molar-refractivity contribution in [2.75, 3.05) is 18.1 Å². The van der Waals surface area contributed by atoms with E-state index < -0.39 is 19.9 Å². The summed E-state index contributed by atoms with van der Waals surface area (Å²) in [4.78, 5) is 12.5. The molecule has 0 fully saturated rings. The first-order valence-corrected chi connectivity index (χ1v) is 10.1. The minimum atomic E-state index is -3.83. The second-order valence-corrected chi connectivity index (χ2v) is 9.31. The molecule has 1 N–H and O–H groups in total. The summed E-state index contributed by atoms with van der Waals surface area (Å²) in [6.45, 7) is 3.68. The largest absolute Gasteiger partial charge is 0.350 e. The Hall–Kier alpha value is -0.440. The van der Waals surface area contributed by atoms with Gasteiger partial charge < -0.3 is 5.32 Å². The number of hydrogen-bond donors (Lipinski definition) is 1. The van der Waals surface area contributed by atoms with Gasteiger partial charge in [-0.3, -0.25) is 9.00 Å². The zero-order valence-electron chi connectivity index (χ0n) is 10.4. The SMILES string of the molecule is CCS(=O)CCNC(=O)c1cc(S(=O)(=O)Cl)c(C)s1. The summed E-state index contributed by atoms with van der Waals surface area (Å²) in [5, 5.41) is 2.60. The van der Waals surface area contributed by atoms with Gasteiger partial charge in [0.05, 0.1) is 9.77 Å². The predicted octanol–water partition coefficient (Wildman–Crippen LogP) is 1.48. The van der Waals surface area contributed by atoms with Gasteiger partial charge in [0.25, 0.3) is 15.0 Å². The van der Waals surface area contributed by atoms with Gasteiger partial charge in [-0.1, -0.05) is 6.92 Å². The second-order valence-electron chi connectivity index (χ2n) is 3.66. The van der Waals surface area contributed by atoms with Gasteiger partial charge in [-0.05, 0) is 13.0 Å². The Balaban J connectivity index is 2.71. The van der Waals surface area contributed by atoms with E-state index in [1.54, 1.807) is 13.8 Å². The third-order valence-electron chi connectivity index (χ3n) is 2.30. The van der Waals surface area contributed by atoms with Crippen molar-refractivity contribution in [1.29, 1.82) is 0 Å². The van der Waals surface area contributed by atoms with Crippen molar-refractivity contribution in [3.63, 3.8) is 0 Å². The lowest BCUT2D eigenvalue weighted by Gasteiger charge is -2.02. The van der Waals surface area contributed by atoms with Crippen LogP contribution in [-0.2, 0) is 19.9 Å². The van der Waals surface area contributed by atoms with Gasteiger partial charge in [0, 0.05) is 44.4 Å². The summed E-state index contributed by atoms with van der Waals surface area (Å²) >= 11 is 1.06. The fourth-order valence-electron chi connectivity index (χ4n) is 1.33. The molecule has 0 saturated heterocycles. The molecule has 1 aromatic heterocycles. The van der Waals surface area contributed by atoms with Gasteiger partial charge in [0.15, 0.2) is 0 Å². The highest BCUT2D eigenvalue weighted by atomic mass is 35.7. The van der Waals surface area contributed by atoms with E-state index in [-0.39, 0.29) is 15.7 Å². The van der Waals surface area contributed by atoms with Crippen molar-refractivity contribution in [3.8, 4) is 0 Å². The Bertz CT molecular complexity index is 594. The lowest BCUT2D eigenvalue weighted by Crippen LogP contribution is -2.27. The van der Waals surface area contributed by atoms with E-state index in [1.807, 2.05) is 0 Å². The monoisotopic (exact) mass is 343 g/mol. The van der Waals surface area contributed by atoms with Crippen molar-refractivity contribution in [3.05, 3.63) is 15.8 Å². The van der Waals surface area contributed by atoms with Crippen molar-refractivity contribution < 1.29 is 17.4 Å². The topological polar surface area (TPSA) is 80.3 Å². The number of halogens is 1. The molecule has 0 aliphatic carbocycles. The summed E-state index contributed by atoms with van der Waals surface area (Å²) in [7, 11) is 0.482. The number of thiophene rings is 1. The molecule has 0 aliphatic heterocycles. The fourth-order valence-corrected chi connectivity index (χ4v) is 4.53. The van der Waals surface area contributed by atoms with Gasteiger partial charge >= 0.3 is 0 Å². The molecule has 5 nitrogen and oxygen atoms in total. The van der Waals surface area contributed by atoms with E-state index in [1.165, 1.54) is 6.07 Å². The van der Waals surface area contributed by atoms with Crippen LogP contribution in [0.15, 0.2) is 11.0 Å². The highest BCUT2D eigenvalue weighted by Crippen LogP contribution is 2.28. The van der Waals surface area contributed by atoms with Gasteiger partial charge in [0.2, 0.25) is 0 Å². The molecule has 1 atom stereocenters. The van der Waals surface area contributed by atoms with Crippen LogP contribution >= 0.6 is 22.0 Å². The van der Waals surface area contributed by atoms with Gasteiger partial charge in [-0.2, -0.15) is 0 Å².